The molecule has 0 amide bonds. The molecule has 1 aliphatic rings. The van der Waals surface area contributed by atoms with Crippen molar-refractivity contribution in [1.82, 2.24) is 4.98 Å². The standard InChI is InChI=1S/C18H20BrNO/c1-2-12-7-9-13(10-8-12)18(21)17-15(19)11-14-5-3-4-6-16(14)20-17/h3-6,11-13H,2,7-10H2,1H3. The third kappa shape index (κ3) is 3.03. The molecule has 3 heteroatoms. The first-order valence-corrected chi connectivity index (χ1v) is 8.58. The van der Waals surface area contributed by atoms with Crippen LogP contribution in [0.3, 0.4) is 0 Å². The number of hydrogen-bond acceptors (Lipinski definition) is 2. The molecule has 0 bridgehead atoms. The quantitative estimate of drug-likeness (QED) is 0.697. The third-order valence-corrected chi connectivity index (χ3v) is 5.31. The monoisotopic (exact) mass is 345 g/mol. The lowest BCUT2D eigenvalue weighted by molar-refractivity contribution is 0.0865. The van der Waals surface area contributed by atoms with E-state index in [4.69, 9.17) is 0 Å². The number of aromatic nitrogens is 1. The molecule has 3 rings (SSSR count). The van der Waals surface area contributed by atoms with Gasteiger partial charge in [0.15, 0.2) is 5.78 Å². The molecule has 1 heterocycles. The topological polar surface area (TPSA) is 30.0 Å². The average Bonchev–Trinajstić information content (AvgIpc) is 2.53. The summed E-state index contributed by atoms with van der Waals surface area (Å²) in [6, 6.07) is 9.95. The number of ketones is 1. The van der Waals surface area contributed by atoms with Gasteiger partial charge < -0.3 is 0 Å². The molecule has 21 heavy (non-hydrogen) atoms. The highest BCUT2D eigenvalue weighted by molar-refractivity contribution is 9.10. The molecule has 1 aromatic carbocycles. The Bertz CT molecular complexity index is 659. The largest absolute Gasteiger partial charge is 0.292 e. The molecule has 2 nitrogen and oxygen atoms in total. The van der Waals surface area contributed by atoms with Crippen LogP contribution in [0.5, 0.6) is 0 Å². The molecule has 0 spiro atoms. The van der Waals surface area contributed by atoms with E-state index in [1.165, 1.54) is 19.3 Å². The van der Waals surface area contributed by atoms with Crippen LogP contribution in [-0.2, 0) is 0 Å². The summed E-state index contributed by atoms with van der Waals surface area (Å²) in [6.45, 7) is 2.24. The minimum Gasteiger partial charge on any atom is -0.292 e. The Morgan fingerprint density at radius 2 is 1.95 bits per heavy atom. The zero-order valence-electron chi connectivity index (χ0n) is 12.3. The van der Waals surface area contributed by atoms with Crippen LogP contribution < -0.4 is 0 Å². The highest BCUT2D eigenvalue weighted by Crippen LogP contribution is 2.34. The second-order valence-electron chi connectivity index (χ2n) is 6.00. The highest BCUT2D eigenvalue weighted by atomic mass is 79.9. The minimum absolute atomic E-state index is 0.151. The first-order valence-electron chi connectivity index (χ1n) is 7.78. The number of nitrogens with zero attached hydrogens (tertiary/aromatic N) is 1. The van der Waals surface area contributed by atoms with Crippen molar-refractivity contribution in [2.75, 3.05) is 0 Å². The first-order chi connectivity index (χ1) is 10.2. The Hall–Kier alpha value is -1.22. The minimum atomic E-state index is 0.151. The van der Waals surface area contributed by atoms with Gasteiger partial charge >= 0.3 is 0 Å². The molecule has 0 unspecified atom stereocenters. The van der Waals surface area contributed by atoms with Crippen LogP contribution in [-0.4, -0.2) is 10.8 Å². The molecule has 1 fully saturated rings. The van der Waals surface area contributed by atoms with Crippen molar-refractivity contribution in [3.63, 3.8) is 0 Å². The van der Waals surface area contributed by atoms with E-state index in [1.807, 2.05) is 30.3 Å². The second-order valence-corrected chi connectivity index (χ2v) is 6.86. The van der Waals surface area contributed by atoms with Gasteiger partial charge in [-0.25, -0.2) is 4.98 Å². The van der Waals surface area contributed by atoms with E-state index in [1.54, 1.807) is 0 Å². The van der Waals surface area contributed by atoms with Crippen LogP contribution in [0.15, 0.2) is 34.8 Å². The van der Waals surface area contributed by atoms with Crippen LogP contribution in [0.2, 0.25) is 0 Å². The zero-order chi connectivity index (χ0) is 14.8. The number of benzene rings is 1. The van der Waals surface area contributed by atoms with Gasteiger partial charge in [-0.3, -0.25) is 4.79 Å². The molecule has 0 saturated heterocycles. The number of halogens is 1. The van der Waals surface area contributed by atoms with Gasteiger partial charge in [-0.05, 0) is 59.7 Å². The molecule has 110 valence electrons. The number of fused-ring (bicyclic) bond motifs is 1. The van der Waals surface area contributed by atoms with Crippen molar-refractivity contribution in [3.05, 3.63) is 40.5 Å². The van der Waals surface area contributed by atoms with Crippen LogP contribution in [0.25, 0.3) is 10.9 Å². The van der Waals surface area contributed by atoms with E-state index in [-0.39, 0.29) is 11.7 Å². The van der Waals surface area contributed by atoms with E-state index in [0.29, 0.717) is 5.69 Å². The summed E-state index contributed by atoms with van der Waals surface area (Å²) in [5, 5.41) is 1.07. The maximum absolute atomic E-state index is 12.8. The molecule has 0 aliphatic heterocycles. The van der Waals surface area contributed by atoms with Gasteiger partial charge in [0, 0.05) is 15.8 Å². The van der Waals surface area contributed by atoms with Crippen molar-refractivity contribution in [1.29, 1.82) is 0 Å². The fourth-order valence-electron chi connectivity index (χ4n) is 3.29. The van der Waals surface area contributed by atoms with Gasteiger partial charge in [0.2, 0.25) is 0 Å². The van der Waals surface area contributed by atoms with E-state index >= 15 is 0 Å². The highest BCUT2D eigenvalue weighted by Gasteiger charge is 2.28. The summed E-state index contributed by atoms with van der Waals surface area (Å²) in [5.41, 5.74) is 1.50. The summed E-state index contributed by atoms with van der Waals surface area (Å²) >= 11 is 3.53. The van der Waals surface area contributed by atoms with Crippen molar-refractivity contribution < 1.29 is 4.79 Å². The Morgan fingerprint density at radius 1 is 1.24 bits per heavy atom. The summed E-state index contributed by atoms with van der Waals surface area (Å²) in [6.07, 6.45) is 5.62. The predicted octanol–water partition coefficient (Wildman–Crippen LogP) is 5.40. The lowest BCUT2D eigenvalue weighted by Crippen LogP contribution is -2.23. The fourth-order valence-corrected chi connectivity index (χ4v) is 3.82. The number of pyridine rings is 1. The second kappa shape index (κ2) is 6.27. The maximum atomic E-state index is 12.8. The van der Waals surface area contributed by atoms with Crippen molar-refractivity contribution in [2.45, 2.75) is 39.0 Å². The number of rotatable bonds is 3. The molecule has 0 atom stereocenters. The number of carbonyl (C=O) groups is 1. The van der Waals surface area contributed by atoms with Crippen molar-refractivity contribution in [3.8, 4) is 0 Å². The van der Waals surface area contributed by atoms with Crippen LogP contribution in [0.4, 0.5) is 0 Å². The van der Waals surface area contributed by atoms with Gasteiger partial charge in [-0.2, -0.15) is 0 Å². The first kappa shape index (κ1) is 14.7. The lowest BCUT2D eigenvalue weighted by Gasteiger charge is -2.26. The van der Waals surface area contributed by atoms with Crippen molar-refractivity contribution in [2.24, 2.45) is 11.8 Å². The summed E-state index contributed by atoms with van der Waals surface area (Å²) in [4.78, 5) is 17.4. The fraction of sp³-hybridized carbons (Fsp3) is 0.444. The summed E-state index contributed by atoms with van der Waals surface area (Å²) in [5.74, 6) is 1.17. The number of Topliss-reactive ketones (excluding diaryl/α,β-unsaturated/α-hetero) is 1. The van der Waals surface area contributed by atoms with Gasteiger partial charge in [-0.15, -0.1) is 0 Å². The molecular formula is C18H20BrNO. The molecule has 0 radical (unpaired) electrons. The summed E-state index contributed by atoms with van der Waals surface area (Å²) in [7, 11) is 0. The van der Waals surface area contributed by atoms with Crippen LogP contribution in [0, 0.1) is 11.8 Å². The van der Waals surface area contributed by atoms with Crippen LogP contribution >= 0.6 is 15.9 Å². The Morgan fingerprint density at radius 3 is 2.67 bits per heavy atom. The Kier molecular flexibility index (Phi) is 4.39. The van der Waals surface area contributed by atoms with E-state index in [9.17, 15) is 4.79 Å². The van der Waals surface area contributed by atoms with Gasteiger partial charge in [-0.1, -0.05) is 31.5 Å². The molecular weight excluding hydrogens is 326 g/mol. The molecule has 2 aromatic rings. The molecule has 0 N–H and O–H groups in total. The zero-order valence-corrected chi connectivity index (χ0v) is 13.9. The molecule has 1 aliphatic carbocycles. The number of para-hydroxylation sites is 1. The van der Waals surface area contributed by atoms with Gasteiger partial charge in [0.05, 0.1) is 5.52 Å². The van der Waals surface area contributed by atoms with E-state index in [0.717, 1.165) is 34.1 Å². The summed E-state index contributed by atoms with van der Waals surface area (Å²) < 4.78 is 0.823. The Labute approximate surface area is 134 Å². The molecule has 1 saturated carbocycles. The number of carbonyl (C=O) groups excluding carboxylic acids is 1. The maximum Gasteiger partial charge on any atom is 0.185 e. The van der Waals surface area contributed by atoms with E-state index in [2.05, 4.69) is 27.8 Å². The smallest absolute Gasteiger partial charge is 0.185 e. The Balaban J connectivity index is 1.86. The van der Waals surface area contributed by atoms with Crippen molar-refractivity contribution >= 4 is 32.6 Å². The predicted molar refractivity (Wildman–Crippen MR) is 89.5 cm³/mol. The average molecular weight is 346 g/mol. The number of hydrogen-bond donors (Lipinski definition) is 0. The lowest BCUT2D eigenvalue weighted by atomic mass is 9.78. The van der Waals surface area contributed by atoms with Gasteiger partial charge in [0.1, 0.15) is 5.69 Å². The van der Waals surface area contributed by atoms with Gasteiger partial charge in [0.25, 0.3) is 0 Å². The van der Waals surface area contributed by atoms with Crippen LogP contribution in [0.1, 0.15) is 49.5 Å². The van der Waals surface area contributed by atoms with E-state index < -0.39 is 0 Å². The SMILES string of the molecule is CCC1CCC(C(=O)c2nc3ccccc3cc2Br)CC1. The normalized spacial score (nSPS) is 22.4. The molecule has 1 aromatic heterocycles. The third-order valence-electron chi connectivity index (χ3n) is 4.71.